The van der Waals surface area contributed by atoms with Gasteiger partial charge < -0.3 is 4.74 Å². The lowest BCUT2D eigenvalue weighted by atomic mass is 10.1. The number of esters is 1. The Bertz CT molecular complexity index is 887. The normalized spacial score (nSPS) is 12.4. The van der Waals surface area contributed by atoms with E-state index in [1.165, 1.54) is 12.1 Å². The summed E-state index contributed by atoms with van der Waals surface area (Å²) in [6, 6.07) is 12.4. The number of hydrogen-bond donors (Lipinski definition) is 1. The van der Waals surface area contributed by atoms with E-state index >= 15 is 0 Å². The van der Waals surface area contributed by atoms with E-state index in [2.05, 4.69) is 11.3 Å². The van der Waals surface area contributed by atoms with E-state index in [0.29, 0.717) is 5.56 Å². The van der Waals surface area contributed by atoms with Crippen molar-refractivity contribution in [1.29, 1.82) is 0 Å². The molecule has 0 aliphatic rings. The van der Waals surface area contributed by atoms with Crippen LogP contribution in [-0.2, 0) is 26.0 Å². The van der Waals surface area contributed by atoms with Crippen LogP contribution in [0.1, 0.15) is 5.56 Å². The molecule has 26 heavy (non-hydrogen) atoms. The number of carbonyl (C=O) groups is 1. The summed E-state index contributed by atoms with van der Waals surface area (Å²) in [5.41, 5.74) is 0.704. The van der Waals surface area contributed by atoms with Gasteiger partial charge >= 0.3 is 5.97 Å². The summed E-state index contributed by atoms with van der Waals surface area (Å²) in [5, 5.41) is 0.0915. The quantitative estimate of drug-likeness (QED) is 0.695. The first kappa shape index (κ1) is 20.1. The van der Waals surface area contributed by atoms with Gasteiger partial charge in [0.2, 0.25) is 10.0 Å². The smallest absolute Gasteiger partial charge is 0.324 e. The third-order valence-electron chi connectivity index (χ3n) is 3.36. The minimum Gasteiger partial charge on any atom is -0.459 e. The fourth-order valence-corrected chi connectivity index (χ4v) is 3.50. The molecule has 0 radical (unpaired) electrons. The van der Waals surface area contributed by atoms with Gasteiger partial charge in [-0.1, -0.05) is 60.6 Å². The van der Waals surface area contributed by atoms with Crippen LogP contribution in [0.25, 0.3) is 0 Å². The van der Waals surface area contributed by atoms with Gasteiger partial charge in [0.15, 0.2) is 0 Å². The zero-order chi connectivity index (χ0) is 19.2. The predicted octanol–water partition coefficient (Wildman–Crippen LogP) is 3.01. The minimum absolute atomic E-state index is 0.0299. The molecule has 1 N–H and O–H groups in total. The maximum absolute atomic E-state index is 13.9. The molecule has 0 unspecified atom stereocenters. The third kappa shape index (κ3) is 5.66. The van der Waals surface area contributed by atoms with E-state index < -0.39 is 32.7 Å². The number of halogens is 2. The molecule has 0 aliphatic heterocycles. The number of rotatable bonds is 8. The predicted molar refractivity (Wildman–Crippen MR) is 96.6 cm³/mol. The highest BCUT2D eigenvalue weighted by molar-refractivity contribution is 7.89. The fraction of sp³-hybridized carbons (Fsp3) is 0.167. The van der Waals surface area contributed by atoms with Crippen LogP contribution in [0.2, 0.25) is 0 Å². The molecule has 0 aliphatic carbocycles. The molecule has 1 atom stereocenters. The Labute approximate surface area is 156 Å². The van der Waals surface area contributed by atoms with Gasteiger partial charge in [-0.2, -0.15) is 4.72 Å². The van der Waals surface area contributed by atoms with Crippen LogP contribution < -0.4 is 4.72 Å². The van der Waals surface area contributed by atoms with Crippen molar-refractivity contribution in [3.05, 3.63) is 77.6 Å². The Balaban J connectivity index is 2.26. The molecule has 0 amide bonds. The summed E-state index contributed by atoms with van der Waals surface area (Å²) in [5.74, 6) is -1.75. The van der Waals surface area contributed by atoms with Gasteiger partial charge in [-0.25, -0.2) is 12.8 Å². The van der Waals surface area contributed by atoms with Crippen molar-refractivity contribution in [1.82, 2.24) is 4.72 Å². The van der Waals surface area contributed by atoms with Crippen LogP contribution in [-0.4, -0.2) is 27.0 Å². The van der Waals surface area contributed by atoms with Crippen molar-refractivity contribution >= 4 is 27.6 Å². The summed E-state index contributed by atoms with van der Waals surface area (Å²) in [4.78, 5) is 11.8. The molecular weight excluding hydrogens is 381 g/mol. The summed E-state index contributed by atoms with van der Waals surface area (Å²) in [6.07, 6.45) is 0.0299. The number of benzene rings is 2. The van der Waals surface area contributed by atoms with Crippen LogP contribution in [0.4, 0.5) is 4.39 Å². The molecule has 8 heteroatoms. The summed E-state index contributed by atoms with van der Waals surface area (Å²) in [6.45, 7) is 3.15. The Morgan fingerprint density at radius 2 is 1.77 bits per heavy atom. The van der Waals surface area contributed by atoms with Gasteiger partial charge in [0, 0.05) is 5.03 Å². The number of sulfonamides is 1. The zero-order valence-electron chi connectivity index (χ0n) is 13.7. The first-order chi connectivity index (χ1) is 12.3. The molecule has 0 saturated heterocycles. The second-order valence-corrected chi connectivity index (χ2v) is 7.64. The number of ether oxygens (including phenoxy) is 1. The molecule has 0 spiro atoms. The largest absolute Gasteiger partial charge is 0.459 e. The van der Waals surface area contributed by atoms with Crippen molar-refractivity contribution in [2.45, 2.75) is 17.4 Å². The van der Waals surface area contributed by atoms with Crippen molar-refractivity contribution in [3.8, 4) is 0 Å². The Hall–Kier alpha value is -2.22. The van der Waals surface area contributed by atoms with Crippen LogP contribution in [0, 0.1) is 5.82 Å². The second-order valence-electron chi connectivity index (χ2n) is 5.42. The molecule has 0 bridgehead atoms. The second kappa shape index (κ2) is 8.93. The molecule has 2 rings (SSSR count). The van der Waals surface area contributed by atoms with Gasteiger partial charge in [0.1, 0.15) is 23.4 Å². The van der Waals surface area contributed by atoms with Crippen LogP contribution in [0.15, 0.2) is 71.1 Å². The SMILES string of the molecule is C=C(Cl)COC(=O)[C@@H](Cc1ccccc1)NS(=O)(=O)c1ccccc1F. The molecule has 0 heterocycles. The highest BCUT2D eigenvalue weighted by atomic mass is 35.5. The molecular formula is C18H17ClFNO4S. The van der Waals surface area contributed by atoms with E-state index in [1.807, 2.05) is 0 Å². The maximum Gasteiger partial charge on any atom is 0.324 e. The lowest BCUT2D eigenvalue weighted by molar-refractivity contribution is -0.144. The molecule has 5 nitrogen and oxygen atoms in total. The number of carbonyl (C=O) groups excluding carboxylic acids is 1. The van der Waals surface area contributed by atoms with Gasteiger partial charge in [0.05, 0.1) is 0 Å². The van der Waals surface area contributed by atoms with E-state index in [4.69, 9.17) is 16.3 Å². The molecule has 2 aromatic rings. The summed E-state index contributed by atoms with van der Waals surface area (Å²) in [7, 11) is -4.28. The zero-order valence-corrected chi connectivity index (χ0v) is 15.3. The Morgan fingerprint density at radius 3 is 2.38 bits per heavy atom. The first-order valence-electron chi connectivity index (χ1n) is 7.60. The van der Waals surface area contributed by atoms with Crippen molar-refractivity contribution < 1.29 is 22.3 Å². The van der Waals surface area contributed by atoms with E-state index in [1.54, 1.807) is 30.3 Å². The number of hydrogen-bond acceptors (Lipinski definition) is 4. The summed E-state index contributed by atoms with van der Waals surface area (Å²) >= 11 is 5.58. The van der Waals surface area contributed by atoms with E-state index in [0.717, 1.165) is 12.1 Å². The van der Waals surface area contributed by atoms with Gasteiger partial charge in [-0.05, 0) is 24.1 Å². The topological polar surface area (TPSA) is 72.5 Å². The standard InChI is InChI=1S/C18H17ClFNO4S/c1-13(19)12-25-18(22)16(11-14-7-3-2-4-8-14)21-26(23,24)17-10-6-5-9-15(17)20/h2-10,16,21H,1,11-12H2/t16-/m1/s1. The van der Waals surface area contributed by atoms with Gasteiger partial charge in [0.25, 0.3) is 0 Å². The average Bonchev–Trinajstić information content (AvgIpc) is 2.60. The van der Waals surface area contributed by atoms with Crippen molar-refractivity contribution in [3.63, 3.8) is 0 Å². The first-order valence-corrected chi connectivity index (χ1v) is 9.46. The van der Waals surface area contributed by atoms with Gasteiger partial charge in [-0.15, -0.1) is 0 Å². The van der Waals surface area contributed by atoms with Crippen molar-refractivity contribution in [2.75, 3.05) is 6.61 Å². The van der Waals surface area contributed by atoms with Crippen LogP contribution in [0.3, 0.4) is 0 Å². The number of nitrogens with one attached hydrogen (secondary N) is 1. The maximum atomic E-state index is 13.9. The molecule has 0 aromatic heterocycles. The highest BCUT2D eigenvalue weighted by Gasteiger charge is 2.29. The van der Waals surface area contributed by atoms with Crippen LogP contribution >= 0.6 is 11.6 Å². The molecule has 0 saturated carbocycles. The third-order valence-corrected chi connectivity index (χ3v) is 4.98. The highest BCUT2D eigenvalue weighted by Crippen LogP contribution is 2.15. The Morgan fingerprint density at radius 1 is 1.15 bits per heavy atom. The minimum atomic E-state index is -4.28. The van der Waals surface area contributed by atoms with E-state index in [-0.39, 0.29) is 18.1 Å². The lowest BCUT2D eigenvalue weighted by Crippen LogP contribution is -2.43. The van der Waals surface area contributed by atoms with Crippen LogP contribution in [0.5, 0.6) is 0 Å². The van der Waals surface area contributed by atoms with Gasteiger partial charge in [-0.3, -0.25) is 4.79 Å². The van der Waals surface area contributed by atoms with Crippen molar-refractivity contribution in [2.24, 2.45) is 0 Å². The molecule has 138 valence electrons. The summed E-state index contributed by atoms with van der Waals surface area (Å²) < 4.78 is 46.0. The molecule has 0 fully saturated rings. The monoisotopic (exact) mass is 397 g/mol. The fourth-order valence-electron chi connectivity index (χ4n) is 2.19. The molecule has 2 aromatic carbocycles. The van der Waals surface area contributed by atoms with E-state index in [9.17, 15) is 17.6 Å². The lowest BCUT2D eigenvalue weighted by Gasteiger charge is -2.18. The average molecular weight is 398 g/mol. The Kier molecular flexibility index (Phi) is 6.90.